The highest BCUT2D eigenvalue weighted by Crippen LogP contribution is 2.16. The lowest BCUT2D eigenvalue weighted by Crippen LogP contribution is -2.37. The molecule has 0 fully saturated rings. The topological polar surface area (TPSA) is 91.6 Å². The highest BCUT2D eigenvalue weighted by atomic mass is 16.6. The van der Waals surface area contributed by atoms with Crippen molar-refractivity contribution in [3.8, 4) is 5.75 Å². The van der Waals surface area contributed by atoms with E-state index < -0.39 is 18.0 Å². The molecule has 1 aromatic carbocycles. The van der Waals surface area contributed by atoms with Gasteiger partial charge in [0.2, 0.25) is 0 Å². The van der Waals surface area contributed by atoms with E-state index in [0.29, 0.717) is 22.8 Å². The van der Waals surface area contributed by atoms with Crippen LogP contribution in [0.2, 0.25) is 0 Å². The third-order valence-corrected chi connectivity index (χ3v) is 3.12. The van der Waals surface area contributed by atoms with Crippen LogP contribution >= 0.6 is 0 Å². The Kier molecular flexibility index (Phi) is 5.73. The summed E-state index contributed by atoms with van der Waals surface area (Å²) in [6.07, 6.45) is 0.130. The van der Waals surface area contributed by atoms with Crippen molar-refractivity contribution in [3.05, 3.63) is 59.6 Å². The molecular formula is C17H18N2O5. The lowest BCUT2D eigenvalue weighted by molar-refractivity contribution is -0.608. The van der Waals surface area contributed by atoms with Gasteiger partial charge >= 0.3 is 11.7 Å². The van der Waals surface area contributed by atoms with Crippen molar-refractivity contribution >= 4 is 17.6 Å². The molecule has 0 aliphatic heterocycles. The number of aromatic nitrogens is 1. The number of nitrogens with zero attached hydrogens (tertiary/aromatic N) is 1. The average Bonchev–Trinajstić information content (AvgIpc) is 2.57. The first kappa shape index (κ1) is 17.3. The molecule has 0 saturated heterocycles. The summed E-state index contributed by atoms with van der Waals surface area (Å²) in [5.74, 6) is -0.667. The molecule has 0 radical (unpaired) electrons. The van der Waals surface area contributed by atoms with Crippen LogP contribution in [-0.2, 0) is 9.53 Å². The molecule has 7 nitrogen and oxygen atoms in total. The Morgan fingerprint density at radius 1 is 1.21 bits per heavy atom. The number of esters is 1. The number of benzene rings is 1. The van der Waals surface area contributed by atoms with E-state index in [1.54, 1.807) is 24.3 Å². The van der Waals surface area contributed by atoms with Crippen molar-refractivity contribution in [1.29, 1.82) is 0 Å². The molecule has 0 spiro atoms. The van der Waals surface area contributed by atoms with Crippen LogP contribution in [0.5, 0.6) is 5.75 Å². The maximum absolute atomic E-state index is 12.1. The molecule has 7 heteroatoms. The van der Waals surface area contributed by atoms with Crippen molar-refractivity contribution in [2.24, 2.45) is 0 Å². The van der Waals surface area contributed by atoms with Gasteiger partial charge in [-0.2, -0.15) is 4.73 Å². The fourth-order valence-electron chi connectivity index (χ4n) is 1.91. The van der Waals surface area contributed by atoms with E-state index in [9.17, 15) is 14.8 Å². The minimum Gasteiger partial charge on any atom is -0.618 e. The second-order valence-corrected chi connectivity index (χ2v) is 4.91. The minimum atomic E-state index is -1.05. The van der Waals surface area contributed by atoms with Crippen molar-refractivity contribution in [2.75, 3.05) is 11.9 Å². The van der Waals surface area contributed by atoms with Gasteiger partial charge in [0, 0.05) is 17.8 Å². The Morgan fingerprint density at radius 3 is 2.54 bits per heavy atom. The van der Waals surface area contributed by atoms with Gasteiger partial charge in [-0.1, -0.05) is 0 Å². The van der Waals surface area contributed by atoms with E-state index in [0.717, 1.165) is 0 Å². The van der Waals surface area contributed by atoms with E-state index in [4.69, 9.17) is 9.47 Å². The number of pyridine rings is 1. The Bertz CT molecular complexity index is 715. The molecule has 0 aliphatic rings. The van der Waals surface area contributed by atoms with Crippen LogP contribution in [0.25, 0.3) is 0 Å². The van der Waals surface area contributed by atoms with Gasteiger partial charge in [-0.05, 0) is 44.2 Å². The first-order valence-electron chi connectivity index (χ1n) is 7.44. The first-order valence-corrected chi connectivity index (χ1v) is 7.44. The SMILES string of the molecule is CCOc1ccc(NC(=O)[C@H](C)OC(=O)c2cccc[n+]2[O-])cc1. The number of amides is 1. The number of carbonyl (C=O) groups excluding carboxylic acids is 2. The maximum atomic E-state index is 12.1. The molecule has 0 aliphatic carbocycles. The average molecular weight is 330 g/mol. The lowest BCUT2D eigenvalue weighted by atomic mass is 10.3. The molecule has 2 aromatic rings. The molecule has 1 heterocycles. The van der Waals surface area contributed by atoms with Gasteiger partial charge in [-0.3, -0.25) is 4.79 Å². The van der Waals surface area contributed by atoms with Crippen molar-refractivity contribution in [1.82, 2.24) is 0 Å². The molecule has 1 aromatic heterocycles. The Morgan fingerprint density at radius 2 is 1.92 bits per heavy atom. The summed E-state index contributed by atoms with van der Waals surface area (Å²) in [6, 6.07) is 11.2. The van der Waals surface area contributed by atoms with Crippen molar-refractivity contribution in [3.63, 3.8) is 0 Å². The second-order valence-electron chi connectivity index (χ2n) is 4.91. The number of hydrogen-bond acceptors (Lipinski definition) is 5. The normalized spacial score (nSPS) is 11.4. The van der Waals surface area contributed by atoms with Gasteiger partial charge in [0.05, 0.1) is 6.61 Å². The Balaban J connectivity index is 1.94. The summed E-state index contributed by atoms with van der Waals surface area (Å²) in [6.45, 7) is 3.86. The summed E-state index contributed by atoms with van der Waals surface area (Å²) in [5.41, 5.74) is 0.364. The van der Waals surface area contributed by atoms with Gasteiger partial charge in [-0.15, -0.1) is 0 Å². The third kappa shape index (κ3) is 4.45. The van der Waals surface area contributed by atoms with Crippen molar-refractivity contribution in [2.45, 2.75) is 20.0 Å². The number of ether oxygens (including phenoxy) is 2. The van der Waals surface area contributed by atoms with Crippen LogP contribution in [0.1, 0.15) is 24.3 Å². The van der Waals surface area contributed by atoms with Crippen molar-refractivity contribution < 1.29 is 23.8 Å². The summed E-state index contributed by atoms with van der Waals surface area (Å²) < 4.78 is 10.7. The Labute approximate surface area is 139 Å². The second kappa shape index (κ2) is 7.96. The van der Waals surface area contributed by atoms with Crippen LogP contribution in [0, 0.1) is 5.21 Å². The maximum Gasteiger partial charge on any atom is 0.405 e. The smallest absolute Gasteiger partial charge is 0.405 e. The number of carbonyl (C=O) groups is 2. The standard InChI is InChI=1S/C17H18N2O5/c1-3-23-14-9-7-13(8-10-14)18-16(20)12(2)24-17(21)15-6-4-5-11-19(15)22/h4-12H,3H2,1-2H3,(H,18,20)/t12-/m0/s1. The van der Waals surface area contributed by atoms with Crippen LogP contribution < -0.4 is 14.8 Å². The predicted octanol–water partition coefficient (Wildman–Crippen LogP) is 1.90. The highest BCUT2D eigenvalue weighted by molar-refractivity contribution is 5.96. The molecule has 126 valence electrons. The molecule has 1 amide bonds. The largest absolute Gasteiger partial charge is 0.618 e. The third-order valence-electron chi connectivity index (χ3n) is 3.12. The Hall–Kier alpha value is -3.09. The quantitative estimate of drug-likeness (QED) is 0.496. The molecule has 0 unspecified atom stereocenters. The number of nitrogens with one attached hydrogen (secondary N) is 1. The molecule has 2 rings (SSSR count). The monoisotopic (exact) mass is 330 g/mol. The fraction of sp³-hybridized carbons (Fsp3) is 0.235. The summed E-state index contributed by atoms with van der Waals surface area (Å²) in [7, 11) is 0. The minimum absolute atomic E-state index is 0.182. The van der Waals surface area contributed by atoms with Gasteiger partial charge in [-0.25, -0.2) is 4.79 Å². The summed E-state index contributed by atoms with van der Waals surface area (Å²) in [4.78, 5) is 24.0. The summed E-state index contributed by atoms with van der Waals surface area (Å²) in [5, 5.41) is 14.1. The van der Waals surface area contributed by atoms with Gasteiger partial charge in [0.25, 0.3) is 5.91 Å². The first-order chi connectivity index (χ1) is 11.5. The molecular weight excluding hydrogens is 312 g/mol. The molecule has 24 heavy (non-hydrogen) atoms. The number of hydrogen-bond donors (Lipinski definition) is 1. The zero-order chi connectivity index (χ0) is 17.5. The number of rotatable bonds is 6. The summed E-state index contributed by atoms with van der Waals surface area (Å²) >= 11 is 0. The van der Waals surface area contributed by atoms with Gasteiger partial charge in [0.15, 0.2) is 12.3 Å². The highest BCUT2D eigenvalue weighted by Gasteiger charge is 2.23. The van der Waals surface area contributed by atoms with E-state index in [-0.39, 0.29) is 5.69 Å². The van der Waals surface area contributed by atoms with Gasteiger partial charge < -0.3 is 20.0 Å². The predicted molar refractivity (Wildman–Crippen MR) is 86.5 cm³/mol. The van der Waals surface area contributed by atoms with E-state index >= 15 is 0 Å². The van der Waals surface area contributed by atoms with Crippen LogP contribution in [0.15, 0.2) is 48.7 Å². The van der Waals surface area contributed by atoms with Crippen LogP contribution in [-0.4, -0.2) is 24.6 Å². The molecule has 0 bridgehead atoms. The van der Waals surface area contributed by atoms with E-state index in [1.807, 2.05) is 6.92 Å². The fourth-order valence-corrected chi connectivity index (χ4v) is 1.91. The van der Waals surface area contributed by atoms with E-state index in [1.165, 1.54) is 31.3 Å². The van der Waals surface area contributed by atoms with E-state index in [2.05, 4.69) is 5.32 Å². The van der Waals surface area contributed by atoms with Crippen LogP contribution in [0.4, 0.5) is 5.69 Å². The van der Waals surface area contributed by atoms with Crippen LogP contribution in [0.3, 0.4) is 0 Å². The lowest BCUT2D eigenvalue weighted by Gasteiger charge is -2.13. The molecule has 1 atom stereocenters. The molecule has 0 saturated carbocycles. The number of anilines is 1. The zero-order valence-corrected chi connectivity index (χ0v) is 13.4. The zero-order valence-electron chi connectivity index (χ0n) is 13.4. The van der Waals surface area contributed by atoms with Gasteiger partial charge in [0.1, 0.15) is 5.75 Å². The molecule has 1 N–H and O–H groups in total.